The summed E-state index contributed by atoms with van der Waals surface area (Å²) in [5, 5.41) is 7.63. The van der Waals surface area contributed by atoms with Crippen LogP contribution in [0.3, 0.4) is 0 Å². The maximum atomic E-state index is 12.1. The SMILES string of the molecule is CCOc1cccc2cc([C@@H](C)NC(=O)c3ccsc3)oc12. The van der Waals surface area contributed by atoms with Gasteiger partial charge in [0.25, 0.3) is 5.91 Å². The second kappa shape index (κ2) is 6.23. The first kappa shape index (κ1) is 14.7. The highest BCUT2D eigenvalue weighted by Gasteiger charge is 2.17. The summed E-state index contributed by atoms with van der Waals surface area (Å²) in [7, 11) is 0. The summed E-state index contributed by atoms with van der Waals surface area (Å²) < 4.78 is 11.5. The van der Waals surface area contributed by atoms with Gasteiger partial charge in [-0.3, -0.25) is 4.79 Å². The Kier molecular flexibility index (Phi) is 4.15. The van der Waals surface area contributed by atoms with Gasteiger partial charge in [0, 0.05) is 10.8 Å². The van der Waals surface area contributed by atoms with Gasteiger partial charge in [0.05, 0.1) is 18.2 Å². The molecule has 0 aliphatic rings. The van der Waals surface area contributed by atoms with Crippen molar-refractivity contribution >= 4 is 28.2 Å². The van der Waals surface area contributed by atoms with Crippen LogP contribution in [0.4, 0.5) is 0 Å². The lowest BCUT2D eigenvalue weighted by molar-refractivity contribution is 0.0936. The number of benzene rings is 1. The molecule has 1 atom stereocenters. The molecular weight excluding hydrogens is 298 g/mol. The number of thiophene rings is 1. The summed E-state index contributed by atoms with van der Waals surface area (Å²) in [4.78, 5) is 12.1. The normalized spacial score (nSPS) is 12.3. The molecule has 0 aliphatic carbocycles. The van der Waals surface area contributed by atoms with E-state index in [2.05, 4.69) is 5.32 Å². The zero-order chi connectivity index (χ0) is 15.5. The topological polar surface area (TPSA) is 51.5 Å². The maximum absolute atomic E-state index is 12.1. The molecule has 1 amide bonds. The summed E-state index contributed by atoms with van der Waals surface area (Å²) in [6.07, 6.45) is 0. The van der Waals surface area contributed by atoms with E-state index in [1.54, 1.807) is 6.07 Å². The Hall–Kier alpha value is -2.27. The number of amides is 1. The van der Waals surface area contributed by atoms with Crippen molar-refractivity contribution in [2.75, 3.05) is 6.61 Å². The molecular formula is C17H17NO3S. The van der Waals surface area contributed by atoms with Gasteiger partial charge in [-0.2, -0.15) is 11.3 Å². The third-order valence-corrected chi connectivity index (χ3v) is 4.07. The fourth-order valence-corrected chi connectivity index (χ4v) is 2.92. The van der Waals surface area contributed by atoms with Crippen molar-refractivity contribution in [3.8, 4) is 5.75 Å². The van der Waals surface area contributed by atoms with Crippen LogP contribution in [0.5, 0.6) is 5.75 Å². The molecule has 4 nitrogen and oxygen atoms in total. The molecule has 0 fully saturated rings. The van der Waals surface area contributed by atoms with Crippen molar-refractivity contribution in [2.45, 2.75) is 19.9 Å². The highest BCUT2D eigenvalue weighted by molar-refractivity contribution is 7.08. The van der Waals surface area contributed by atoms with E-state index in [1.165, 1.54) is 11.3 Å². The lowest BCUT2D eigenvalue weighted by Crippen LogP contribution is -2.25. The van der Waals surface area contributed by atoms with Crippen LogP contribution in [0, 0.1) is 0 Å². The number of carbonyl (C=O) groups excluding carboxylic acids is 1. The second-order valence-electron chi connectivity index (χ2n) is 4.96. The van der Waals surface area contributed by atoms with Gasteiger partial charge in [0.2, 0.25) is 0 Å². The molecule has 2 aromatic heterocycles. The van der Waals surface area contributed by atoms with Crippen LogP contribution in [-0.2, 0) is 0 Å². The van der Waals surface area contributed by atoms with Gasteiger partial charge >= 0.3 is 0 Å². The second-order valence-corrected chi connectivity index (χ2v) is 5.74. The molecule has 0 saturated heterocycles. The van der Waals surface area contributed by atoms with Crippen LogP contribution in [0.25, 0.3) is 11.0 Å². The van der Waals surface area contributed by atoms with Crippen LogP contribution < -0.4 is 10.1 Å². The van der Waals surface area contributed by atoms with Crippen molar-refractivity contribution in [3.05, 3.63) is 52.4 Å². The third-order valence-electron chi connectivity index (χ3n) is 3.38. The number of hydrogen-bond acceptors (Lipinski definition) is 4. The average molecular weight is 315 g/mol. The predicted molar refractivity (Wildman–Crippen MR) is 87.6 cm³/mol. The zero-order valence-electron chi connectivity index (χ0n) is 12.5. The Morgan fingerprint density at radius 3 is 3.00 bits per heavy atom. The van der Waals surface area contributed by atoms with E-state index >= 15 is 0 Å². The van der Waals surface area contributed by atoms with Crippen molar-refractivity contribution < 1.29 is 13.9 Å². The smallest absolute Gasteiger partial charge is 0.252 e. The molecule has 0 radical (unpaired) electrons. The molecule has 0 aliphatic heterocycles. The Morgan fingerprint density at radius 1 is 1.41 bits per heavy atom. The van der Waals surface area contributed by atoms with E-state index in [4.69, 9.17) is 9.15 Å². The minimum atomic E-state index is -0.214. The van der Waals surface area contributed by atoms with Crippen molar-refractivity contribution in [3.63, 3.8) is 0 Å². The minimum Gasteiger partial charge on any atom is -0.490 e. The lowest BCUT2D eigenvalue weighted by Gasteiger charge is -2.10. The molecule has 5 heteroatoms. The van der Waals surface area contributed by atoms with Crippen LogP contribution >= 0.6 is 11.3 Å². The molecule has 1 N–H and O–H groups in total. The average Bonchev–Trinajstić information content (AvgIpc) is 3.17. The quantitative estimate of drug-likeness (QED) is 0.760. The third kappa shape index (κ3) is 2.85. The highest BCUT2D eigenvalue weighted by Crippen LogP contribution is 2.31. The van der Waals surface area contributed by atoms with E-state index < -0.39 is 0 Å². The first-order valence-corrected chi connectivity index (χ1v) is 8.11. The summed E-state index contributed by atoms with van der Waals surface area (Å²) in [5.74, 6) is 1.34. The Bertz CT molecular complexity index is 776. The summed E-state index contributed by atoms with van der Waals surface area (Å²) in [6, 6.07) is 9.32. The molecule has 3 rings (SSSR count). The van der Waals surface area contributed by atoms with Gasteiger partial charge in [-0.25, -0.2) is 0 Å². The first-order valence-electron chi connectivity index (χ1n) is 7.17. The van der Waals surface area contributed by atoms with E-state index in [0.29, 0.717) is 17.9 Å². The molecule has 3 aromatic rings. The monoisotopic (exact) mass is 315 g/mol. The largest absolute Gasteiger partial charge is 0.490 e. The lowest BCUT2D eigenvalue weighted by atomic mass is 10.2. The fraction of sp³-hybridized carbons (Fsp3) is 0.235. The molecule has 0 bridgehead atoms. The number of hydrogen-bond donors (Lipinski definition) is 1. The number of para-hydroxylation sites is 1. The Morgan fingerprint density at radius 2 is 2.27 bits per heavy atom. The van der Waals surface area contributed by atoms with Gasteiger partial charge in [-0.05, 0) is 37.4 Å². The molecule has 1 aromatic carbocycles. The Balaban J connectivity index is 1.83. The van der Waals surface area contributed by atoms with E-state index in [0.717, 1.165) is 16.7 Å². The van der Waals surface area contributed by atoms with Crippen LogP contribution in [0.15, 0.2) is 45.5 Å². The number of rotatable bonds is 5. The van der Waals surface area contributed by atoms with Crippen LogP contribution in [0.2, 0.25) is 0 Å². The Labute approximate surface area is 132 Å². The number of ether oxygens (including phenoxy) is 1. The number of carbonyl (C=O) groups is 1. The van der Waals surface area contributed by atoms with Gasteiger partial charge < -0.3 is 14.5 Å². The van der Waals surface area contributed by atoms with Gasteiger partial charge in [0.15, 0.2) is 11.3 Å². The van der Waals surface area contributed by atoms with E-state index in [1.807, 2.05) is 48.9 Å². The van der Waals surface area contributed by atoms with Crippen molar-refractivity contribution in [2.24, 2.45) is 0 Å². The molecule has 0 spiro atoms. The zero-order valence-corrected chi connectivity index (χ0v) is 13.3. The van der Waals surface area contributed by atoms with E-state index in [9.17, 15) is 4.79 Å². The summed E-state index contributed by atoms with van der Waals surface area (Å²) >= 11 is 1.50. The van der Waals surface area contributed by atoms with Gasteiger partial charge in [0.1, 0.15) is 5.76 Å². The van der Waals surface area contributed by atoms with Crippen molar-refractivity contribution in [1.82, 2.24) is 5.32 Å². The molecule has 22 heavy (non-hydrogen) atoms. The predicted octanol–water partition coefficient (Wildman–Crippen LogP) is 4.38. The minimum absolute atomic E-state index is 0.0979. The molecule has 0 unspecified atom stereocenters. The first-order chi connectivity index (χ1) is 10.7. The van der Waals surface area contributed by atoms with Gasteiger partial charge in [-0.15, -0.1) is 0 Å². The number of nitrogens with one attached hydrogen (secondary N) is 1. The maximum Gasteiger partial charge on any atom is 0.252 e. The molecule has 0 saturated carbocycles. The summed E-state index contributed by atoms with van der Waals surface area (Å²) in [5.41, 5.74) is 1.39. The molecule has 2 heterocycles. The van der Waals surface area contributed by atoms with Gasteiger partial charge in [-0.1, -0.05) is 12.1 Å². The standard InChI is InChI=1S/C17H17NO3S/c1-3-20-14-6-4-5-12-9-15(21-16(12)14)11(2)18-17(19)13-7-8-22-10-13/h4-11H,3H2,1-2H3,(H,18,19)/t11-/m1/s1. The highest BCUT2D eigenvalue weighted by atomic mass is 32.1. The molecule has 114 valence electrons. The van der Waals surface area contributed by atoms with Crippen molar-refractivity contribution in [1.29, 1.82) is 0 Å². The van der Waals surface area contributed by atoms with Crippen LogP contribution in [-0.4, -0.2) is 12.5 Å². The fourth-order valence-electron chi connectivity index (χ4n) is 2.28. The number of fused-ring (bicyclic) bond motifs is 1. The number of furan rings is 1. The summed E-state index contributed by atoms with van der Waals surface area (Å²) in [6.45, 7) is 4.42. The van der Waals surface area contributed by atoms with Crippen LogP contribution in [0.1, 0.15) is 36.0 Å². The van der Waals surface area contributed by atoms with E-state index in [-0.39, 0.29) is 11.9 Å².